The Morgan fingerprint density at radius 1 is 1.26 bits per heavy atom. The van der Waals surface area contributed by atoms with Crippen LogP contribution in [0.25, 0.3) is 11.0 Å². The third-order valence-corrected chi connectivity index (χ3v) is 3.40. The van der Waals surface area contributed by atoms with E-state index in [4.69, 9.17) is 0 Å². The van der Waals surface area contributed by atoms with Gasteiger partial charge in [0.1, 0.15) is 17.8 Å². The molecule has 0 aromatic carbocycles. The van der Waals surface area contributed by atoms with Gasteiger partial charge in [0, 0.05) is 25.0 Å². The molecule has 0 bridgehead atoms. The first-order valence-electron chi connectivity index (χ1n) is 7.12. The van der Waals surface area contributed by atoms with Crippen molar-refractivity contribution in [3.05, 3.63) is 42.0 Å². The molecule has 0 radical (unpaired) electrons. The van der Waals surface area contributed by atoms with E-state index in [0.717, 1.165) is 34.4 Å². The van der Waals surface area contributed by atoms with Crippen molar-refractivity contribution in [2.24, 2.45) is 0 Å². The number of ether oxygens (including phenoxy) is 1. The molecule has 6 nitrogen and oxygen atoms in total. The van der Waals surface area contributed by atoms with Crippen LogP contribution in [0.2, 0.25) is 0 Å². The SMILES string of the molecule is CCc1c[nH]c2ncnc(NCc3ccc(OC(F)F)nc3)c12. The van der Waals surface area contributed by atoms with Crippen LogP contribution in [0.3, 0.4) is 0 Å². The van der Waals surface area contributed by atoms with Crippen LogP contribution in [0.15, 0.2) is 30.9 Å². The van der Waals surface area contributed by atoms with Gasteiger partial charge in [0.05, 0.1) is 5.39 Å². The highest BCUT2D eigenvalue weighted by Crippen LogP contribution is 2.24. The number of H-pyrrole nitrogens is 1. The molecule has 0 atom stereocenters. The van der Waals surface area contributed by atoms with Crippen molar-refractivity contribution in [3.63, 3.8) is 0 Å². The molecule has 0 unspecified atom stereocenters. The minimum atomic E-state index is -2.87. The van der Waals surface area contributed by atoms with E-state index in [-0.39, 0.29) is 5.88 Å². The lowest BCUT2D eigenvalue weighted by Crippen LogP contribution is -2.05. The second-order valence-corrected chi connectivity index (χ2v) is 4.85. The van der Waals surface area contributed by atoms with Gasteiger partial charge in [-0.1, -0.05) is 13.0 Å². The topological polar surface area (TPSA) is 75.7 Å². The minimum absolute atomic E-state index is 0.105. The fourth-order valence-electron chi connectivity index (χ4n) is 2.30. The summed E-state index contributed by atoms with van der Waals surface area (Å²) in [6.07, 6.45) is 5.76. The van der Waals surface area contributed by atoms with Crippen LogP contribution < -0.4 is 10.1 Å². The van der Waals surface area contributed by atoms with Gasteiger partial charge in [0.25, 0.3) is 0 Å². The minimum Gasteiger partial charge on any atom is -0.417 e. The molecular formula is C15H15F2N5O. The summed E-state index contributed by atoms with van der Waals surface area (Å²) in [6, 6.07) is 3.08. The molecule has 3 aromatic heterocycles. The second-order valence-electron chi connectivity index (χ2n) is 4.85. The number of aryl methyl sites for hydroxylation is 1. The van der Waals surface area contributed by atoms with Crippen LogP contribution in [0.4, 0.5) is 14.6 Å². The number of nitrogens with one attached hydrogen (secondary N) is 2. The van der Waals surface area contributed by atoms with Crippen LogP contribution in [-0.2, 0) is 13.0 Å². The Hall–Kier alpha value is -2.77. The molecule has 3 heterocycles. The zero-order valence-corrected chi connectivity index (χ0v) is 12.4. The Balaban J connectivity index is 1.74. The van der Waals surface area contributed by atoms with E-state index in [1.807, 2.05) is 6.20 Å². The molecule has 0 spiro atoms. The van der Waals surface area contributed by atoms with Crippen molar-refractivity contribution >= 4 is 16.9 Å². The zero-order chi connectivity index (χ0) is 16.2. The zero-order valence-electron chi connectivity index (χ0n) is 12.4. The van der Waals surface area contributed by atoms with Crippen LogP contribution >= 0.6 is 0 Å². The molecule has 0 saturated heterocycles. The Morgan fingerprint density at radius 2 is 2.13 bits per heavy atom. The maximum absolute atomic E-state index is 12.1. The fraction of sp³-hybridized carbons (Fsp3) is 0.267. The molecule has 0 fully saturated rings. The lowest BCUT2D eigenvalue weighted by molar-refractivity contribution is -0.0528. The van der Waals surface area contributed by atoms with Crippen LogP contribution in [0.5, 0.6) is 5.88 Å². The monoisotopic (exact) mass is 319 g/mol. The van der Waals surface area contributed by atoms with Crippen LogP contribution in [0.1, 0.15) is 18.1 Å². The number of alkyl halides is 2. The molecule has 3 rings (SSSR count). The van der Waals surface area contributed by atoms with Gasteiger partial charge >= 0.3 is 6.61 Å². The highest BCUT2D eigenvalue weighted by atomic mass is 19.3. The van der Waals surface area contributed by atoms with E-state index in [2.05, 4.69) is 36.9 Å². The molecular weight excluding hydrogens is 304 g/mol. The maximum Gasteiger partial charge on any atom is 0.388 e. The third kappa shape index (κ3) is 3.36. The summed E-state index contributed by atoms with van der Waals surface area (Å²) in [6.45, 7) is -0.352. The van der Waals surface area contributed by atoms with Gasteiger partial charge in [-0.2, -0.15) is 8.78 Å². The molecule has 3 aromatic rings. The first-order valence-corrected chi connectivity index (χ1v) is 7.12. The van der Waals surface area contributed by atoms with Crippen molar-refractivity contribution in [1.82, 2.24) is 19.9 Å². The normalized spacial score (nSPS) is 11.1. The molecule has 2 N–H and O–H groups in total. The number of aromatic amines is 1. The standard InChI is InChI=1S/C15H15F2N5O/c1-2-10-7-20-14-12(10)13(21-8-22-14)19-6-9-3-4-11(18-5-9)23-15(16)17/h3-5,7-8,15H,2,6H2,1H3,(H2,19,20,21,22). The van der Waals surface area contributed by atoms with Gasteiger partial charge < -0.3 is 15.0 Å². The lowest BCUT2D eigenvalue weighted by atomic mass is 10.2. The smallest absolute Gasteiger partial charge is 0.388 e. The highest BCUT2D eigenvalue weighted by Gasteiger charge is 2.10. The second kappa shape index (κ2) is 6.55. The van der Waals surface area contributed by atoms with Gasteiger partial charge in [0.15, 0.2) is 0 Å². The molecule has 0 aliphatic carbocycles. The Bertz CT molecular complexity index is 788. The van der Waals surface area contributed by atoms with E-state index in [9.17, 15) is 8.78 Å². The average molecular weight is 319 g/mol. The van der Waals surface area contributed by atoms with Crippen LogP contribution in [-0.4, -0.2) is 26.5 Å². The molecule has 0 aliphatic rings. The van der Waals surface area contributed by atoms with Gasteiger partial charge in [-0.15, -0.1) is 0 Å². The van der Waals surface area contributed by atoms with Crippen molar-refractivity contribution in [2.45, 2.75) is 26.5 Å². The summed E-state index contributed by atoms with van der Waals surface area (Å²) in [4.78, 5) is 15.4. The number of rotatable bonds is 6. The summed E-state index contributed by atoms with van der Waals surface area (Å²) >= 11 is 0. The van der Waals surface area contributed by atoms with E-state index in [1.54, 1.807) is 6.07 Å². The first kappa shape index (κ1) is 15.1. The van der Waals surface area contributed by atoms with Crippen LogP contribution in [0, 0.1) is 0 Å². The molecule has 0 saturated carbocycles. The summed E-state index contributed by atoms with van der Waals surface area (Å²) in [5.74, 6) is 0.619. The predicted molar refractivity (Wildman–Crippen MR) is 81.5 cm³/mol. The van der Waals surface area contributed by atoms with Gasteiger partial charge in [-0.3, -0.25) is 0 Å². The van der Waals surface area contributed by atoms with E-state index in [0.29, 0.717) is 6.54 Å². The maximum atomic E-state index is 12.1. The molecule has 0 aliphatic heterocycles. The largest absolute Gasteiger partial charge is 0.417 e. The number of anilines is 1. The van der Waals surface area contributed by atoms with Gasteiger partial charge in [0.2, 0.25) is 5.88 Å². The third-order valence-electron chi connectivity index (χ3n) is 3.40. The Kier molecular flexibility index (Phi) is 4.31. The molecule has 0 amide bonds. The predicted octanol–water partition coefficient (Wildman–Crippen LogP) is 3.13. The van der Waals surface area contributed by atoms with E-state index >= 15 is 0 Å². The highest BCUT2D eigenvalue weighted by molar-refractivity contribution is 5.90. The van der Waals surface area contributed by atoms with Crippen molar-refractivity contribution in [2.75, 3.05) is 5.32 Å². The Labute approximate surface area is 130 Å². The number of aromatic nitrogens is 4. The number of nitrogens with zero attached hydrogens (tertiary/aromatic N) is 3. The van der Waals surface area contributed by atoms with E-state index < -0.39 is 6.61 Å². The lowest BCUT2D eigenvalue weighted by Gasteiger charge is -2.08. The van der Waals surface area contributed by atoms with Gasteiger partial charge in [-0.05, 0) is 17.5 Å². The quantitative estimate of drug-likeness (QED) is 0.730. The molecule has 8 heteroatoms. The van der Waals surface area contributed by atoms with E-state index in [1.165, 1.54) is 18.6 Å². The summed E-state index contributed by atoms with van der Waals surface area (Å²) in [5, 5.41) is 4.18. The molecule has 23 heavy (non-hydrogen) atoms. The number of pyridine rings is 1. The number of hydrogen-bond acceptors (Lipinski definition) is 5. The summed E-state index contributed by atoms with van der Waals surface area (Å²) < 4.78 is 28.4. The molecule has 120 valence electrons. The Morgan fingerprint density at radius 3 is 2.83 bits per heavy atom. The summed E-state index contributed by atoms with van der Waals surface area (Å²) in [5.41, 5.74) is 2.73. The average Bonchev–Trinajstić information content (AvgIpc) is 2.97. The number of halogens is 2. The van der Waals surface area contributed by atoms with Crippen molar-refractivity contribution < 1.29 is 13.5 Å². The number of hydrogen-bond donors (Lipinski definition) is 2. The van der Waals surface area contributed by atoms with Crippen molar-refractivity contribution in [1.29, 1.82) is 0 Å². The fourth-order valence-corrected chi connectivity index (χ4v) is 2.30. The first-order chi connectivity index (χ1) is 11.2. The number of fused-ring (bicyclic) bond motifs is 1. The van der Waals surface area contributed by atoms with Gasteiger partial charge in [-0.25, -0.2) is 15.0 Å². The van der Waals surface area contributed by atoms with Crippen molar-refractivity contribution in [3.8, 4) is 5.88 Å². The summed E-state index contributed by atoms with van der Waals surface area (Å²) in [7, 11) is 0.